The lowest BCUT2D eigenvalue weighted by atomic mass is 9.93. The van der Waals surface area contributed by atoms with Crippen molar-refractivity contribution in [2.24, 2.45) is 5.92 Å². The number of piperidine rings is 1. The Labute approximate surface area is 126 Å². The summed E-state index contributed by atoms with van der Waals surface area (Å²) in [6, 6.07) is 4.36. The van der Waals surface area contributed by atoms with Gasteiger partial charge in [0.05, 0.1) is 24.9 Å². The number of hydrogen-bond acceptors (Lipinski definition) is 4. The minimum Gasteiger partial charge on any atom is -0.495 e. The molecule has 1 aromatic rings. The molecule has 0 aliphatic carbocycles. The fourth-order valence-electron chi connectivity index (χ4n) is 2.88. The van der Waals surface area contributed by atoms with E-state index in [1.807, 2.05) is 19.2 Å². The van der Waals surface area contributed by atoms with Crippen molar-refractivity contribution >= 4 is 17.3 Å². The zero-order valence-corrected chi connectivity index (χ0v) is 13.3. The summed E-state index contributed by atoms with van der Waals surface area (Å²) < 4.78 is 10.7. The molecular formula is C15H23ClN2O2. The molecule has 1 aliphatic heterocycles. The van der Waals surface area contributed by atoms with E-state index in [9.17, 15) is 0 Å². The second-order valence-electron chi connectivity index (χ2n) is 5.27. The topological polar surface area (TPSA) is 33.7 Å². The smallest absolute Gasteiger partial charge is 0.145 e. The number of anilines is 1. The van der Waals surface area contributed by atoms with Gasteiger partial charge < -0.3 is 19.7 Å². The molecule has 1 aromatic carbocycles. The molecule has 1 N–H and O–H groups in total. The summed E-state index contributed by atoms with van der Waals surface area (Å²) in [5, 5.41) is 4.00. The third-order valence-corrected chi connectivity index (χ3v) is 4.37. The molecule has 4 nitrogen and oxygen atoms in total. The molecule has 0 spiro atoms. The van der Waals surface area contributed by atoms with Crippen molar-refractivity contribution in [3.63, 3.8) is 0 Å². The van der Waals surface area contributed by atoms with Gasteiger partial charge in [-0.05, 0) is 25.5 Å². The van der Waals surface area contributed by atoms with Crippen LogP contribution in [0.5, 0.6) is 11.5 Å². The van der Waals surface area contributed by atoms with Crippen molar-refractivity contribution in [1.29, 1.82) is 0 Å². The molecule has 1 aliphatic rings. The van der Waals surface area contributed by atoms with Crippen LogP contribution in [0.1, 0.15) is 13.3 Å². The summed E-state index contributed by atoms with van der Waals surface area (Å²) in [6.07, 6.45) is 1.12. The first-order valence-electron chi connectivity index (χ1n) is 6.94. The summed E-state index contributed by atoms with van der Waals surface area (Å²) in [4.78, 5) is 2.34. The van der Waals surface area contributed by atoms with Crippen LogP contribution in [0, 0.1) is 5.92 Å². The molecule has 1 fully saturated rings. The second kappa shape index (κ2) is 6.55. The monoisotopic (exact) mass is 298 g/mol. The SMILES string of the molecule is CNC1CCN(c2cc(Cl)c(OC)cc2OC)CC1C. The quantitative estimate of drug-likeness (QED) is 0.927. The normalized spacial score (nSPS) is 22.8. The zero-order chi connectivity index (χ0) is 14.7. The number of halogens is 1. The molecule has 20 heavy (non-hydrogen) atoms. The van der Waals surface area contributed by atoms with Gasteiger partial charge in [0, 0.05) is 25.2 Å². The second-order valence-corrected chi connectivity index (χ2v) is 5.67. The Morgan fingerprint density at radius 3 is 2.50 bits per heavy atom. The molecule has 0 amide bonds. The Morgan fingerprint density at radius 2 is 1.95 bits per heavy atom. The van der Waals surface area contributed by atoms with Gasteiger partial charge in [-0.25, -0.2) is 0 Å². The molecule has 112 valence electrons. The van der Waals surface area contributed by atoms with E-state index in [0.29, 0.717) is 22.7 Å². The van der Waals surface area contributed by atoms with E-state index in [4.69, 9.17) is 21.1 Å². The molecule has 2 rings (SSSR count). The first-order chi connectivity index (χ1) is 9.60. The highest BCUT2D eigenvalue weighted by Gasteiger charge is 2.27. The van der Waals surface area contributed by atoms with E-state index in [1.54, 1.807) is 14.2 Å². The van der Waals surface area contributed by atoms with Crippen LogP contribution < -0.4 is 19.7 Å². The van der Waals surface area contributed by atoms with Gasteiger partial charge in [-0.15, -0.1) is 0 Å². The van der Waals surface area contributed by atoms with E-state index in [-0.39, 0.29) is 0 Å². The molecular weight excluding hydrogens is 276 g/mol. The molecule has 0 radical (unpaired) electrons. The van der Waals surface area contributed by atoms with Crippen LogP contribution in [0.3, 0.4) is 0 Å². The molecule has 5 heteroatoms. The number of rotatable bonds is 4. The van der Waals surface area contributed by atoms with Crippen molar-refractivity contribution in [2.75, 3.05) is 39.3 Å². The van der Waals surface area contributed by atoms with Crippen molar-refractivity contribution in [2.45, 2.75) is 19.4 Å². The maximum atomic E-state index is 6.25. The van der Waals surface area contributed by atoms with Gasteiger partial charge in [0.2, 0.25) is 0 Å². The van der Waals surface area contributed by atoms with E-state index < -0.39 is 0 Å². The van der Waals surface area contributed by atoms with Crippen LogP contribution in [0.15, 0.2) is 12.1 Å². The molecule has 0 bridgehead atoms. The van der Waals surface area contributed by atoms with Crippen LogP contribution >= 0.6 is 11.6 Å². The van der Waals surface area contributed by atoms with Gasteiger partial charge in [0.1, 0.15) is 11.5 Å². The van der Waals surface area contributed by atoms with E-state index in [1.165, 1.54) is 0 Å². The lowest BCUT2D eigenvalue weighted by Crippen LogP contribution is -2.47. The van der Waals surface area contributed by atoms with Crippen molar-refractivity contribution in [3.8, 4) is 11.5 Å². The number of methoxy groups -OCH3 is 2. The number of ether oxygens (including phenoxy) is 2. The molecule has 0 aromatic heterocycles. The minimum absolute atomic E-state index is 0.575. The molecule has 0 saturated carbocycles. The van der Waals surface area contributed by atoms with E-state index in [0.717, 1.165) is 30.9 Å². The van der Waals surface area contributed by atoms with Crippen molar-refractivity contribution in [3.05, 3.63) is 17.2 Å². The lowest BCUT2D eigenvalue weighted by molar-refractivity contribution is 0.335. The van der Waals surface area contributed by atoms with E-state index in [2.05, 4.69) is 17.1 Å². The Balaban J connectivity index is 2.26. The first kappa shape index (κ1) is 15.3. The maximum absolute atomic E-state index is 6.25. The Kier molecular flexibility index (Phi) is 5.00. The van der Waals surface area contributed by atoms with Crippen LogP contribution in [0.2, 0.25) is 5.02 Å². The standard InChI is InChI=1S/C15H23ClN2O2/c1-10-9-18(6-5-12(10)17-2)13-7-11(16)14(19-3)8-15(13)20-4/h7-8,10,12,17H,5-6,9H2,1-4H3. The van der Waals surface area contributed by atoms with Gasteiger partial charge in [-0.2, -0.15) is 0 Å². The Hall–Kier alpha value is -1.13. The summed E-state index contributed by atoms with van der Waals surface area (Å²) in [5.41, 5.74) is 1.04. The number of nitrogens with zero attached hydrogens (tertiary/aromatic N) is 1. The molecule has 1 saturated heterocycles. The lowest BCUT2D eigenvalue weighted by Gasteiger charge is -2.38. The summed E-state index contributed by atoms with van der Waals surface area (Å²) in [6.45, 7) is 4.25. The average Bonchev–Trinajstić information content (AvgIpc) is 2.46. The highest BCUT2D eigenvalue weighted by atomic mass is 35.5. The maximum Gasteiger partial charge on any atom is 0.145 e. The summed E-state index contributed by atoms with van der Waals surface area (Å²) in [7, 11) is 5.32. The number of nitrogens with one attached hydrogen (secondary N) is 1. The third-order valence-electron chi connectivity index (χ3n) is 4.07. The van der Waals surface area contributed by atoms with Crippen LogP contribution in [-0.4, -0.2) is 40.4 Å². The fraction of sp³-hybridized carbons (Fsp3) is 0.600. The summed E-state index contributed by atoms with van der Waals surface area (Å²) in [5.74, 6) is 2.03. The Bertz CT molecular complexity index is 467. The predicted octanol–water partition coefficient (Wildman–Crippen LogP) is 2.79. The van der Waals surface area contributed by atoms with Gasteiger partial charge in [0.15, 0.2) is 0 Å². The van der Waals surface area contributed by atoms with Crippen molar-refractivity contribution < 1.29 is 9.47 Å². The number of benzene rings is 1. The molecule has 1 heterocycles. The largest absolute Gasteiger partial charge is 0.495 e. The number of hydrogen-bond donors (Lipinski definition) is 1. The van der Waals surface area contributed by atoms with Crippen molar-refractivity contribution in [1.82, 2.24) is 5.32 Å². The zero-order valence-electron chi connectivity index (χ0n) is 12.6. The third kappa shape index (κ3) is 2.96. The van der Waals surface area contributed by atoms with Crippen LogP contribution in [0.4, 0.5) is 5.69 Å². The van der Waals surface area contributed by atoms with E-state index >= 15 is 0 Å². The molecule has 2 atom stereocenters. The van der Waals surface area contributed by atoms with Gasteiger partial charge in [-0.1, -0.05) is 18.5 Å². The fourth-order valence-corrected chi connectivity index (χ4v) is 3.12. The van der Waals surface area contributed by atoms with Gasteiger partial charge in [0.25, 0.3) is 0 Å². The predicted molar refractivity (Wildman–Crippen MR) is 83.4 cm³/mol. The minimum atomic E-state index is 0.575. The highest BCUT2D eigenvalue weighted by Crippen LogP contribution is 2.39. The molecule has 2 unspecified atom stereocenters. The highest BCUT2D eigenvalue weighted by molar-refractivity contribution is 6.32. The Morgan fingerprint density at radius 1 is 1.25 bits per heavy atom. The first-order valence-corrected chi connectivity index (χ1v) is 7.32. The summed E-state index contributed by atoms with van der Waals surface area (Å²) >= 11 is 6.25. The van der Waals surface area contributed by atoms with Gasteiger partial charge >= 0.3 is 0 Å². The van der Waals surface area contributed by atoms with Crippen LogP contribution in [-0.2, 0) is 0 Å². The van der Waals surface area contributed by atoms with Crippen LogP contribution in [0.25, 0.3) is 0 Å². The average molecular weight is 299 g/mol. The van der Waals surface area contributed by atoms with Gasteiger partial charge in [-0.3, -0.25) is 0 Å².